The van der Waals surface area contributed by atoms with Gasteiger partial charge in [-0.15, -0.1) is 0 Å². The Morgan fingerprint density at radius 2 is 1.67 bits per heavy atom. The summed E-state index contributed by atoms with van der Waals surface area (Å²) in [4.78, 5) is 4.17. The summed E-state index contributed by atoms with van der Waals surface area (Å²) >= 11 is 5.78. The van der Waals surface area contributed by atoms with Gasteiger partial charge in [0.25, 0.3) is 0 Å². The van der Waals surface area contributed by atoms with Crippen molar-refractivity contribution >= 4 is 23.8 Å². The summed E-state index contributed by atoms with van der Waals surface area (Å²) in [5.74, 6) is 0. The lowest BCUT2D eigenvalue weighted by Crippen LogP contribution is -1.79. The van der Waals surface area contributed by atoms with Crippen LogP contribution in [0, 0.1) is 0 Å². The fraction of sp³-hybridized carbons (Fsp3) is 0. The molecule has 15 heavy (non-hydrogen) atoms. The minimum atomic E-state index is 0.519. The number of halogens is 1. The standard InChI is InChI=1S/C13H10ClN/c14-13-8-4-7-12(15-13)10-9-11-5-2-1-3-6-11/h1-10H/b10-9+. The fourth-order valence-corrected chi connectivity index (χ4v) is 1.43. The molecule has 0 unspecified atom stereocenters. The van der Waals surface area contributed by atoms with Crippen LogP contribution in [0.1, 0.15) is 11.3 Å². The first-order valence-electron chi connectivity index (χ1n) is 4.70. The van der Waals surface area contributed by atoms with E-state index < -0.39 is 0 Å². The Bertz CT molecular complexity index is 463. The number of aromatic nitrogens is 1. The molecule has 1 nitrogen and oxygen atoms in total. The van der Waals surface area contributed by atoms with Crippen molar-refractivity contribution in [1.82, 2.24) is 4.98 Å². The number of rotatable bonds is 2. The van der Waals surface area contributed by atoms with E-state index in [9.17, 15) is 0 Å². The van der Waals surface area contributed by atoms with Crippen LogP contribution < -0.4 is 0 Å². The third-order valence-electron chi connectivity index (χ3n) is 1.98. The van der Waals surface area contributed by atoms with Crippen LogP contribution in [0.3, 0.4) is 0 Å². The van der Waals surface area contributed by atoms with Gasteiger partial charge in [-0.1, -0.05) is 54.1 Å². The number of hydrogen-bond acceptors (Lipinski definition) is 1. The highest BCUT2D eigenvalue weighted by molar-refractivity contribution is 6.29. The van der Waals surface area contributed by atoms with E-state index in [2.05, 4.69) is 4.98 Å². The molecule has 0 spiro atoms. The molecule has 0 saturated heterocycles. The maximum Gasteiger partial charge on any atom is 0.129 e. The van der Waals surface area contributed by atoms with E-state index in [0.717, 1.165) is 11.3 Å². The van der Waals surface area contributed by atoms with Gasteiger partial charge in [-0.25, -0.2) is 4.98 Å². The molecule has 0 amide bonds. The van der Waals surface area contributed by atoms with Gasteiger partial charge in [-0.05, 0) is 23.8 Å². The minimum Gasteiger partial charge on any atom is -0.237 e. The van der Waals surface area contributed by atoms with E-state index in [4.69, 9.17) is 11.6 Å². The number of benzene rings is 1. The zero-order valence-electron chi connectivity index (χ0n) is 8.10. The highest BCUT2D eigenvalue weighted by Crippen LogP contribution is 2.09. The number of nitrogens with zero attached hydrogens (tertiary/aromatic N) is 1. The first-order valence-corrected chi connectivity index (χ1v) is 5.08. The Kier molecular flexibility index (Phi) is 3.15. The van der Waals surface area contributed by atoms with E-state index in [1.165, 1.54) is 0 Å². The molecule has 2 aromatic rings. The van der Waals surface area contributed by atoms with Gasteiger partial charge >= 0.3 is 0 Å². The predicted molar refractivity (Wildman–Crippen MR) is 64.6 cm³/mol. The summed E-state index contributed by atoms with van der Waals surface area (Å²) in [7, 11) is 0. The molecule has 0 bridgehead atoms. The SMILES string of the molecule is Clc1cccc(/C=C/c2ccccc2)n1. The Hall–Kier alpha value is -1.60. The largest absolute Gasteiger partial charge is 0.237 e. The minimum absolute atomic E-state index is 0.519. The molecular formula is C13H10ClN. The Morgan fingerprint density at radius 3 is 2.40 bits per heavy atom. The summed E-state index contributed by atoms with van der Waals surface area (Å²) in [6, 6.07) is 15.7. The molecule has 1 aromatic heterocycles. The van der Waals surface area contributed by atoms with Crippen molar-refractivity contribution in [2.45, 2.75) is 0 Å². The Balaban J connectivity index is 2.19. The Morgan fingerprint density at radius 1 is 0.867 bits per heavy atom. The van der Waals surface area contributed by atoms with Crippen molar-refractivity contribution in [3.8, 4) is 0 Å². The van der Waals surface area contributed by atoms with Gasteiger partial charge in [0.15, 0.2) is 0 Å². The van der Waals surface area contributed by atoms with Crippen LogP contribution in [0.2, 0.25) is 5.15 Å². The molecule has 2 rings (SSSR count). The second-order valence-corrected chi connectivity index (χ2v) is 3.52. The van der Waals surface area contributed by atoms with Gasteiger partial charge < -0.3 is 0 Å². The van der Waals surface area contributed by atoms with Crippen LogP contribution in [-0.2, 0) is 0 Å². The van der Waals surface area contributed by atoms with Gasteiger partial charge in [0, 0.05) is 0 Å². The molecule has 0 N–H and O–H groups in total. The highest BCUT2D eigenvalue weighted by atomic mass is 35.5. The molecule has 74 valence electrons. The zero-order chi connectivity index (χ0) is 10.5. The third kappa shape index (κ3) is 2.93. The monoisotopic (exact) mass is 215 g/mol. The van der Waals surface area contributed by atoms with E-state index in [-0.39, 0.29) is 0 Å². The lowest BCUT2D eigenvalue weighted by atomic mass is 10.2. The summed E-state index contributed by atoms with van der Waals surface area (Å²) < 4.78 is 0. The zero-order valence-corrected chi connectivity index (χ0v) is 8.85. The van der Waals surface area contributed by atoms with Crippen LogP contribution in [0.15, 0.2) is 48.5 Å². The van der Waals surface area contributed by atoms with Crippen LogP contribution in [0.25, 0.3) is 12.2 Å². The van der Waals surface area contributed by atoms with Gasteiger partial charge in [-0.3, -0.25) is 0 Å². The molecule has 0 aliphatic heterocycles. The molecule has 1 heterocycles. The number of hydrogen-bond donors (Lipinski definition) is 0. The van der Waals surface area contributed by atoms with Gasteiger partial charge in [0.2, 0.25) is 0 Å². The lowest BCUT2D eigenvalue weighted by Gasteiger charge is -1.94. The average molecular weight is 216 g/mol. The topological polar surface area (TPSA) is 12.9 Å². The molecule has 0 aliphatic rings. The molecule has 0 fully saturated rings. The third-order valence-corrected chi connectivity index (χ3v) is 2.19. The fourth-order valence-electron chi connectivity index (χ4n) is 1.26. The summed E-state index contributed by atoms with van der Waals surface area (Å²) in [5, 5.41) is 0.519. The molecule has 2 heteroatoms. The van der Waals surface area contributed by atoms with E-state index in [1.54, 1.807) is 6.07 Å². The number of pyridine rings is 1. The smallest absolute Gasteiger partial charge is 0.129 e. The second-order valence-electron chi connectivity index (χ2n) is 3.13. The first kappa shape index (κ1) is 9.94. The van der Waals surface area contributed by atoms with Gasteiger partial charge in [0.1, 0.15) is 5.15 Å². The summed E-state index contributed by atoms with van der Waals surface area (Å²) in [6.07, 6.45) is 3.96. The predicted octanol–water partition coefficient (Wildman–Crippen LogP) is 3.91. The normalized spacial score (nSPS) is 10.7. The van der Waals surface area contributed by atoms with Crippen LogP contribution >= 0.6 is 11.6 Å². The second kappa shape index (κ2) is 4.76. The van der Waals surface area contributed by atoms with E-state index in [0.29, 0.717) is 5.15 Å². The molecular weight excluding hydrogens is 206 g/mol. The molecule has 0 radical (unpaired) electrons. The molecule has 0 atom stereocenters. The summed E-state index contributed by atoms with van der Waals surface area (Å²) in [6.45, 7) is 0. The van der Waals surface area contributed by atoms with Crippen LogP contribution in [-0.4, -0.2) is 4.98 Å². The average Bonchev–Trinajstić information content (AvgIpc) is 2.28. The van der Waals surface area contributed by atoms with Crippen molar-refractivity contribution < 1.29 is 0 Å². The lowest BCUT2D eigenvalue weighted by molar-refractivity contribution is 1.30. The van der Waals surface area contributed by atoms with Crippen molar-refractivity contribution in [3.63, 3.8) is 0 Å². The maximum atomic E-state index is 5.78. The quantitative estimate of drug-likeness (QED) is 0.693. The van der Waals surface area contributed by atoms with Crippen LogP contribution in [0.4, 0.5) is 0 Å². The van der Waals surface area contributed by atoms with E-state index in [1.807, 2.05) is 54.6 Å². The van der Waals surface area contributed by atoms with Crippen molar-refractivity contribution in [2.75, 3.05) is 0 Å². The van der Waals surface area contributed by atoms with E-state index >= 15 is 0 Å². The highest BCUT2D eigenvalue weighted by Gasteiger charge is 1.90. The maximum absolute atomic E-state index is 5.78. The van der Waals surface area contributed by atoms with Crippen molar-refractivity contribution in [3.05, 3.63) is 64.9 Å². The van der Waals surface area contributed by atoms with Crippen molar-refractivity contribution in [2.24, 2.45) is 0 Å². The van der Waals surface area contributed by atoms with Crippen molar-refractivity contribution in [1.29, 1.82) is 0 Å². The summed E-state index contributed by atoms with van der Waals surface area (Å²) in [5.41, 5.74) is 2.02. The van der Waals surface area contributed by atoms with Gasteiger partial charge in [-0.2, -0.15) is 0 Å². The first-order chi connectivity index (χ1) is 7.34. The molecule has 0 saturated carbocycles. The van der Waals surface area contributed by atoms with Gasteiger partial charge in [0.05, 0.1) is 5.69 Å². The Labute approximate surface area is 94.1 Å². The van der Waals surface area contributed by atoms with Crippen LogP contribution in [0.5, 0.6) is 0 Å². The molecule has 1 aromatic carbocycles. The molecule has 0 aliphatic carbocycles.